The molecule has 1 aliphatic carbocycles. The third kappa shape index (κ3) is 2.01. The molecule has 1 aromatic rings. The van der Waals surface area contributed by atoms with Gasteiger partial charge in [0.2, 0.25) is 0 Å². The molecule has 0 bridgehead atoms. The predicted octanol–water partition coefficient (Wildman–Crippen LogP) is 2.16. The second-order valence-corrected chi connectivity index (χ2v) is 5.90. The zero-order valence-electron chi connectivity index (χ0n) is 9.51. The number of nitrogens with zero attached hydrogens (tertiary/aromatic N) is 2. The Labute approximate surface area is 101 Å². The first-order valence-corrected chi connectivity index (χ1v) is 7.14. The Morgan fingerprint density at radius 1 is 1.31 bits per heavy atom. The molecule has 1 aromatic heterocycles. The highest BCUT2D eigenvalue weighted by Gasteiger charge is 2.38. The van der Waals surface area contributed by atoms with Gasteiger partial charge >= 0.3 is 0 Å². The number of likely N-dealkylation sites (tertiary alicyclic amines) is 1. The molecule has 16 heavy (non-hydrogen) atoms. The van der Waals surface area contributed by atoms with Gasteiger partial charge in [-0.25, -0.2) is 0 Å². The number of hydrogen-bond acceptors (Lipinski definition) is 4. The minimum absolute atomic E-state index is 0.295. The van der Waals surface area contributed by atoms with Gasteiger partial charge in [0.15, 0.2) is 0 Å². The van der Waals surface area contributed by atoms with Gasteiger partial charge in [0, 0.05) is 23.2 Å². The van der Waals surface area contributed by atoms with E-state index in [1.54, 1.807) is 11.3 Å². The van der Waals surface area contributed by atoms with E-state index in [1.165, 1.54) is 37.1 Å². The van der Waals surface area contributed by atoms with Crippen LogP contribution in [0.4, 0.5) is 0 Å². The van der Waals surface area contributed by atoms with Gasteiger partial charge in [-0.1, -0.05) is 6.42 Å². The lowest BCUT2D eigenvalue weighted by Gasteiger charge is -2.32. The van der Waals surface area contributed by atoms with E-state index in [0.29, 0.717) is 12.1 Å². The molecule has 4 heteroatoms. The molecule has 2 aliphatic rings. The van der Waals surface area contributed by atoms with Crippen LogP contribution in [-0.2, 0) is 0 Å². The fraction of sp³-hybridized carbons (Fsp3) is 0.750. The molecule has 0 spiro atoms. The second kappa shape index (κ2) is 4.43. The molecule has 1 saturated carbocycles. The zero-order valence-corrected chi connectivity index (χ0v) is 10.3. The van der Waals surface area contributed by atoms with Crippen LogP contribution in [0.3, 0.4) is 0 Å². The average Bonchev–Trinajstić information content (AvgIpc) is 3.02. The van der Waals surface area contributed by atoms with Gasteiger partial charge in [0.25, 0.3) is 0 Å². The van der Waals surface area contributed by atoms with Crippen molar-refractivity contribution in [2.75, 3.05) is 6.54 Å². The first kappa shape index (κ1) is 10.7. The summed E-state index contributed by atoms with van der Waals surface area (Å²) in [5.74, 6) is 0. The number of nitrogens with two attached hydrogens (primary N) is 1. The van der Waals surface area contributed by atoms with Crippen molar-refractivity contribution in [2.45, 2.75) is 50.2 Å². The standard InChI is InChI=1S/C12H19N3S/c13-10-3-1-2-6-15(9-4-5-9)12(10)11-7-14-8-16-11/h7-10,12H,1-6,13H2. The Kier molecular flexibility index (Phi) is 2.96. The van der Waals surface area contributed by atoms with Gasteiger partial charge in [-0.3, -0.25) is 9.88 Å². The van der Waals surface area contributed by atoms with E-state index >= 15 is 0 Å². The molecule has 2 heterocycles. The summed E-state index contributed by atoms with van der Waals surface area (Å²) < 4.78 is 0. The van der Waals surface area contributed by atoms with Crippen LogP contribution in [0, 0.1) is 0 Å². The molecule has 3 nitrogen and oxygen atoms in total. The molecular weight excluding hydrogens is 218 g/mol. The molecular formula is C12H19N3S. The minimum atomic E-state index is 0.295. The summed E-state index contributed by atoms with van der Waals surface area (Å²) in [5.41, 5.74) is 8.29. The molecule has 1 saturated heterocycles. The number of thiazole rings is 1. The highest BCUT2D eigenvalue weighted by molar-refractivity contribution is 7.09. The Morgan fingerprint density at radius 3 is 2.88 bits per heavy atom. The molecule has 1 aliphatic heterocycles. The lowest BCUT2D eigenvalue weighted by Crippen LogP contribution is -2.40. The van der Waals surface area contributed by atoms with Crippen LogP contribution in [0.5, 0.6) is 0 Å². The highest BCUT2D eigenvalue weighted by atomic mass is 32.1. The molecule has 2 fully saturated rings. The van der Waals surface area contributed by atoms with Crippen molar-refractivity contribution >= 4 is 11.3 Å². The van der Waals surface area contributed by atoms with Crippen molar-refractivity contribution in [3.8, 4) is 0 Å². The molecule has 0 radical (unpaired) electrons. The smallest absolute Gasteiger partial charge is 0.0794 e. The van der Waals surface area contributed by atoms with E-state index < -0.39 is 0 Å². The highest BCUT2D eigenvalue weighted by Crippen LogP contribution is 2.39. The Hall–Kier alpha value is -0.450. The average molecular weight is 237 g/mol. The van der Waals surface area contributed by atoms with Gasteiger partial charge in [0.1, 0.15) is 0 Å². The second-order valence-electron chi connectivity index (χ2n) is 4.98. The van der Waals surface area contributed by atoms with Crippen molar-refractivity contribution in [3.05, 3.63) is 16.6 Å². The zero-order chi connectivity index (χ0) is 11.0. The van der Waals surface area contributed by atoms with Crippen molar-refractivity contribution in [1.82, 2.24) is 9.88 Å². The summed E-state index contributed by atoms with van der Waals surface area (Å²) in [7, 11) is 0. The maximum Gasteiger partial charge on any atom is 0.0794 e. The van der Waals surface area contributed by atoms with Crippen LogP contribution in [0.2, 0.25) is 0 Å². The summed E-state index contributed by atoms with van der Waals surface area (Å²) in [6.45, 7) is 1.22. The summed E-state index contributed by atoms with van der Waals surface area (Å²) in [6, 6.07) is 1.53. The topological polar surface area (TPSA) is 42.1 Å². The Morgan fingerprint density at radius 2 is 2.19 bits per heavy atom. The number of hydrogen-bond donors (Lipinski definition) is 1. The van der Waals surface area contributed by atoms with E-state index in [2.05, 4.69) is 9.88 Å². The number of rotatable bonds is 2. The van der Waals surface area contributed by atoms with Crippen LogP contribution in [0.15, 0.2) is 11.7 Å². The molecule has 2 N–H and O–H groups in total. The molecule has 3 rings (SSSR count). The lowest BCUT2D eigenvalue weighted by atomic mass is 10.0. The van der Waals surface area contributed by atoms with E-state index in [-0.39, 0.29) is 0 Å². The fourth-order valence-corrected chi connectivity index (χ4v) is 3.59. The van der Waals surface area contributed by atoms with Crippen LogP contribution >= 0.6 is 11.3 Å². The van der Waals surface area contributed by atoms with E-state index in [1.807, 2.05) is 11.7 Å². The summed E-state index contributed by atoms with van der Waals surface area (Å²) in [5, 5.41) is 0. The van der Waals surface area contributed by atoms with E-state index in [4.69, 9.17) is 5.73 Å². The molecule has 2 atom stereocenters. The van der Waals surface area contributed by atoms with Gasteiger partial charge in [-0.2, -0.15) is 0 Å². The van der Waals surface area contributed by atoms with Crippen molar-refractivity contribution < 1.29 is 0 Å². The summed E-state index contributed by atoms with van der Waals surface area (Å²) in [4.78, 5) is 8.22. The first-order chi connectivity index (χ1) is 7.86. The Balaban J connectivity index is 1.87. The monoisotopic (exact) mass is 237 g/mol. The van der Waals surface area contributed by atoms with Gasteiger partial charge < -0.3 is 5.73 Å². The summed E-state index contributed by atoms with van der Waals surface area (Å²) >= 11 is 1.76. The van der Waals surface area contributed by atoms with Crippen molar-refractivity contribution in [2.24, 2.45) is 5.73 Å². The molecule has 0 amide bonds. The van der Waals surface area contributed by atoms with Crippen LogP contribution in [0.1, 0.15) is 43.0 Å². The third-order valence-electron chi connectivity index (χ3n) is 3.73. The maximum atomic E-state index is 6.36. The number of aromatic nitrogens is 1. The van der Waals surface area contributed by atoms with Crippen molar-refractivity contribution in [3.63, 3.8) is 0 Å². The van der Waals surface area contributed by atoms with Crippen LogP contribution in [0.25, 0.3) is 0 Å². The van der Waals surface area contributed by atoms with Gasteiger partial charge in [0.05, 0.1) is 11.6 Å². The van der Waals surface area contributed by atoms with Gasteiger partial charge in [-0.15, -0.1) is 11.3 Å². The maximum absolute atomic E-state index is 6.36. The van der Waals surface area contributed by atoms with Crippen LogP contribution in [-0.4, -0.2) is 28.5 Å². The first-order valence-electron chi connectivity index (χ1n) is 6.26. The minimum Gasteiger partial charge on any atom is -0.326 e. The largest absolute Gasteiger partial charge is 0.326 e. The van der Waals surface area contributed by atoms with E-state index in [0.717, 1.165) is 12.5 Å². The SMILES string of the molecule is NC1CCCCN(C2CC2)C1c1cncs1. The molecule has 88 valence electrons. The van der Waals surface area contributed by atoms with E-state index in [9.17, 15) is 0 Å². The molecule has 2 unspecified atom stereocenters. The summed E-state index contributed by atoms with van der Waals surface area (Å²) in [6.07, 6.45) is 8.48. The lowest BCUT2D eigenvalue weighted by molar-refractivity contribution is 0.178. The normalized spacial score (nSPS) is 32.6. The van der Waals surface area contributed by atoms with Crippen LogP contribution < -0.4 is 5.73 Å². The Bertz CT molecular complexity index is 334. The van der Waals surface area contributed by atoms with Gasteiger partial charge in [-0.05, 0) is 32.2 Å². The fourth-order valence-electron chi connectivity index (χ4n) is 2.78. The van der Waals surface area contributed by atoms with Crippen molar-refractivity contribution in [1.29, 1.82) is 0 Å². The third-order valence-corrected chi connectivity index (χ3v) is 4.57. The molecule has 0 aromatic carbocycles. The predicted molar refractivity (Wildman–Crippen MR) is 66.4 cm³/mol. The quantitative estimate of drug-likeness (QED) is 0.857.